The maximum atomic E-state index is 5.23. The fraction of sp³-hybridized carbons (Fsp3) is 0.571. The van der Waals surface area contributed by atoms with Crippen LogP contribution in [-0.2, 0) is 0 Å². The van der Waals surface area contributed by atoms with Crippen LogP contribution in [0.5, 0.6) is 0 Å². The minimum atomic E-state index is 0.611. The van der Waals surface area contributed by atoms with Gasteiger partial charge in [0.2, 0.25) is 0 Å². The van der Waals surface area contributed by atoms with Crippen LogP contribution in [0.15, 0.2) is 16.8 Å². The average molecular weight is 124 g/mol. The number of nitrogens with zero attached hydrogens (tertiary/aromatic N) is 1. The van der Waals surface area contributed by atoms with Crippen molar-refractivity contribution in [2.75, 3.05) is 0 Å². The van der Waals surface area contributed by atoms with E-state index in [4.69, 9.17) is 5.73 Å². The van der Waals surface area contributed by atoms with Crippen LogP contribution in [0.4, 0.5) is 0 Å². The molecule has 0 atom stereocenters. The first-order valence-electron chi connectivity index (χ1n) is 3.24. The minimum Gasteiger partial charge on any atom is -0.404 e. The molecule has 0 aromatic rings. The Bertz CT molecular complexity index is 143. The van der Waals surface area contributed by atoms with Gasteiger partial charge in [0, 0.05) is 6.21 Å². The van der Waals surface area contributed by atoms with Crippen molar-refractivity contribution >= 4 is 6.21 Å². The second kappa shape index (κ2) is 2.67. The van der Waals surface area contributed by atoms with Crippen LogP contribution < -0.4 is 5.73 Å². The van der Waals surface area contributed by atoms with E-state index in [1.165, 1.54) is 12.8 Å². The molecule has 1 fully saturated rings. The van der Waals surface area contributed by atoms with Gasteiger partial charge in [0.25, 0.3) is 0 Å². The first kappa shape index (κ1) is 6.33. The van der Waals surface area contributed by atoms with Gasteiger partial charge in [0.05, 0.1) is 6.04 Å². The molecule has 2 heteroatoms. The Morgan fingerprint density at radius 1 is 1.67 bits per heavy atom. The summed E-state index contributed by atoms with van der Waals surface area (Å²) >= 11 is 0. The lowest BCUT2D eigenvalue weighted by atomic mass is 10.4. The van der Waals surface area contributed by atoms with E-state index in [1.54, 1.807) is 6.20 Å². The smallest absolute Gasteiger partial charge is 0.0501 e. The van der Waals surface area contributed by atoms with Crippen LogP contribution in [0.3, 0.4) is 0 Å². The Balaban J connectivity index is 2.29. The number of aliphatic imine (C=N–C) groups is 1. The summed E-state index contributed by atoms with van der Waals surface area (Å²) in [5, 5.41) is 0. The van der Waals surface area contributed by atoms with Crippen LogP contribution in [0, 0.1) is 0 Å². The minimum absolute atomic E-state index is 0.611. The summed E-state index contributed by atoms with van der Waals surface area (Å²) in [4.78, 5) is 4.23. The SMILES string of the molecule is C/C(C=NC1CC1)=C/N. The Kier molecular flexibility index (Phi) is 1.88. The highest BCUT2D eigenvalue weighted by molar-refractivity contribution is 5.77. The molecule has 0 unspecified atom stereocenters. The van der Waals surface area contributed by atoms with Gasteiger partial charge in [0.15, 0.2) is 0 Å². The standard InChI is InChI=1S/C7H12N2/c1-6(4-8)5-9-7-2-3-7/h4-5,7H,2-3,8H2,1H3/b6-4-,9-5?. The zero-order valence-electron chi connectivity index (χ0n) is 5.67. The number of hydrogen-bond donors (Lipinski definition) is 1. The molecule has 0 saturated heterocycles. The highest BCUT2D eigenvalue weighted by Crippen LogP contribution is 2.22. The number of hydrogen-bond acceptors (Lipinski definition) is 2. The van der Waals surface area contributed by atoms with Gasteiger partial charge in [-0.15, -0.1) is 0 Å². The molecule has 0 spiro atoms. The highest BCUT2D eigenvalue weighted by Gasteiger charge is 2.18. The van der Waals surface area contributed by atoms with Crippen molar-refractivity contribution in [2.45, 2.75) is 25.8 Å². The van der Waals surface area contributed by atoms with Gasteiger partial charge in [0.1, 0.15) is 0 Å². The summed E-state index contributed by atoms with van der Waals surface area (Å²) in [6.07, 6.45) is 5.94. The Morgan fingerprint density at radius 3 is 2.78 bits per heavy atom. The molecule has 50 valence electrons. The van der Waals surface area contributed by atoms with Gasteiger partial charge in [-0.2, -0.15) is 0 Å². The molecule has 9 heavy (non-hydrogen) atoms. The van der Waals surface area contributed by atoms with Gasteiger partial charge in [-0.25, -0.2) is 0 Å². The van der Waals surface area contributed by atoms with Crippen LogP contribution in [0.25, 0.3) is 0 Å². The Labute approximate surface area is 55.5 Å². The lowest BCUT2D eigenvalue weighted by Gasteiger charge is -1.85. The first-order valence-corrected chi connectivity index (χ1v) is 3.24. The van der Waals surface area contributed by atoms with Gasteiger partial charge in [-0.05, 0) is 31.5 Å². The van der Waals surface area contributed by atoms with Crippen molar-refractivity contribution in [3.05, 3.63) is 11.8 Å². The molecule has 1 saturated carbocycles. The van der Waals surface area contributed by atoms with Crippen molar-refractivity contribution < 1.29 is 0 Å². The number of nitrogens with two attached hydrogens (primary N) is 1. The maximum absolute atomic E-state index is 5.23. The van der Waals surface area contributed by atoms with E-state index in [2.05, 4.69) is 4.99 Å². The monoisotopic (exact) mass is 124 g/mol. The summed E-state index contributed by atoms with van der Waals surface area (Å²) < 4.78 is 0. The van der Waals surface area contributed by atoms with E-state index < -0.39 is 0 Å². The lowest BCUT2D eigenvalue weighted by molar-refractivity contribution is 1.07. The zero-order valence-corrected chi connectivity index (χ0v) is 5.67. The van der Waals surface area contributed by atoms with E-state index in [0.29, 0.717) is 6.04 Å². The molecule has 1 aliphatic carbocycles. The predicted octanol–water partition coefficient (Wildman–Crippen LogP) is 1.08. The molecular formula is C7H12N2. The molecule has 1 rings (SSSR count). The average Bonchev–Trinajstić information content (AvgIpc) is 2.65. The highest BCUT2D eigenvalue weighted by atomic mass is 14.8. The second-order valence-electron chi connectivity index (χ2n) is 2.42. The van der Waals surface area contributed by atoms with Gasteiger partial charge in [-0.1, -0.05) is 0 Å². The summed E-state index contributed by atoms with van der Waals surface area (Å²) in [5.41, 5.74) is 6.27. The van der Waals surface area contributed by atoms with Crippen LogP contribution in [0.1, 0.15) is 19.8 Å². The molecule has 2 N–H and O–H groups in total. The van der Waals surface area contributed by atoms with Gasteiger partial charge in [-0.3, -0.25) is 4.99 Å². The van der Waals surface area contributed by atoms with Crippen molar-refractivity contribution in [3.8, 4) is 0 Å². The predicted molar refractivity (Wildman–Crippen MR) is 39.5 cm³/mol. The van der Waals surface area contributed by atoms with E-state index in [0.717, 1.165) is 5.57 Å². The quantitative estimate of drug-likeness (QED) is 0.550. The first-order chi connectivity index (χ1) is 4.33. The summed E-state index contributed by atoms with van der Waals surface area (Å²) in [6, 6.07) is 0.611. The third kappa shape index (κ3) is 2.31. The molecule has 2 nitrogen and oxygen atoms in total. The van der Waals surface area contributed by atoms with Crippen molar-refractivity contribution in [1.82, 2.24) is 0 Å². The molecule has 0 amide bonds. The third-order valence-electron chi connectivity index (χ3n) is 1.30. The van der Waals surface area contributed by atoms with E-state index in [9.17, 15) is 0 Å². The molecular weight excluding hydrogens is 112 g/mol. The van der Waals surface area contributed by atoms with Crippen LogP contribution in [0.2, 0.25) is 0 Å². The fourth-order valence-electron chi connectivity index (χ4n) is 0.490. The van der Waals surface area contributed by atoms with E-state index in [-0.39, 0.29) is 0 Å². The summed E-state index contributed by atoms with van der Waals surface area (Å²) in [5.74, 6) is 0. The molecule has 0 aromatic heterocycles. The largest absolute Gasteiger partial charge is 0.404 e. The van der Waals surface area contributed by atoms with Crippen molar-refractivity contribution in [1.29, 1.82) is 0 Å². The molecule has 0 bridgehead atoms. The van der Waals surface area contributed by atoms with Crippen molar-refractivity contribution in [2.24, 2.45) is 10.7 Å². The molecule has 1 aliphatic rings. The molecule has 0 aromatic carbocycles. The zero-order chi connectivity index (χ0) is 6.69. The third-order valence-corrected chi connectivity index (χ3v) is 1.30. The Morgan fingerprint density at radius 2 is 2.33 bits per heavy atom. The van der Waals surface area contributed by atoms with E-state index in [1.807, 2.05) is 13.1 Å². The maximum Gasteiger partial charge on any atom is 0.0501 e. The second-order valence-corrected chi connectivity index (χ2v) is 2.42. The number of allylic oxidation sites excluding steroid dienone is 1. The van der Waals surface area contributed by atoms with Gasteiger partial charge < -0.3 is 5.73 Å². The topological polar surface area (TPSA) is 38.4 Å². The lowest BCUT2D eigenvalue weighted by Crippen LogP contribution is -1.86. The number of rotatable bonds is 2. The van der Waals surface area contributed by atoms with Crippen LogP contribution in [-0.4, -0.2) is 12.3 Å². The summed E-state index contributed by atoms with van der Waals surface area (Å²) in [7, 11) is 0. The fourth-order valence-corrected chi connectivity index (χ4v) is 0.490. The Hall–Kier alpha value is -0.790. The van der Waals surface area contributed by atoms with Crippen molar-refractivity contribution in [3.63, 3.8) is 0 Å². The van der Waals surface area contributed by atoms with Gasteiger partial charge >= 0.3 is 0 Å². The summed E-state index contributed by atoms with van der Waals surface area (Å²) in [6.45, 7) is 1.95. The molecule has 0 aliphatic heterocycles. The van der Waals surface area contributed by atoms with E-state index >= 15 is 0 Å². The molecule has 0 heterocycles. The van der Waals surface area contributed by atoms with Crippen LogP contribution >= 0.6 is 0 Å². The molecule has 0 radical (unpaired) electrons. The normalized spacial score (nSPS) is 21.2.